The number of ether oxygens (including phenoxy) is 1. The van der Waals surface area contributed by atoms with Crippen LogP contribution in [0.1, 0.15) is 68.8 Å². The molecule has 3 rings (SSSR count). The molecule has 10 heteroatoms. The molecule has 1 saturated carbocycles. The van der Waals surface area contributed by atoms with E-state index in [0.29, 0.717) is 25.7 Å². The van der Waals surface area contributed by atoms with Crippen LogP contribution in [0.25, 0.3) is 10.1 Å². The Balaban J connectivity index is 1.33. The zero-order valence-corrected chi connectivity index (χ0v) is 22.5. The first-order valence-corrected chi connectivity index (χ1v) is 14.4. The first-order chi connectivity index (χ1) is 18.2. The summed E-state index contributed by atoms with van der Waals surface area (Å²) in [5, 5.41) is 70.3. The standard InChI is InChI=1S/C28H42O9S/c29-15-23(33)28(36)24(34)16-37-27(35)10-4-2-1-3-8-18-19(22(32)14-21(18)31)11-12-20(30)26-13-17-7-5-6-9-25(17)38-26/h5-7,9,13,18-24,28-34,36H,1-4,8,10-12,14-16H2/t18-,19-,20-,21+,22-,23?,24?,28?/m1/s1. The monoisotopic (exact) mass is 554 g/mol. The van der Waals surface area contributed by atoms with Crippen molar-refractivity contribution in [1.29, 1.82) is 0 Å². The smallest absolute Gasteiger partial charge is 0.305 e. The minimum absolute atomic E-state index is 0.0215. The van der Waals surface area contributed by atoms with Crippen LogP contribution in [0.5, 0.6) is 0 Å². The molecule has 214 valence electrons. The van der Waals surface area contributed by atoms with Crippen molar-refractivity contribution in [3.63, 3.8) is 0 Å². The molecule has 0 amide bonds. The SMILES string of the molecule is O=C(CCCCCC[C@@H]1[C@@H](CC[C@@H](O)c2cc3ccccc3s2)[C@H](O)C[C@@H]1O)OCC(O)C(O)C(O)CO. The lowest BCUT2D eigenvalue weighted by molar-refractivity contribution is -0.152. The van der Waals surface area contributed by atoms with E-state index in [1.54, 1.807) is 11.3 Å². The Morgan fingerprint density at radius 3 is 2.34 bits per heavy atom. The summed E-state index contributed by atoms with van der Waals surface area (Å²) in [6, 6.07) is 10.0. The molecule has 0 saturated heterocycles. The molecule has 1 aliphatic carbocycles. The molecule has 1 aromatic heterocycles. The van der Waals surface area contributed by atoms with E-state index in [0.717, 1.165) is 40.6 Å². The highest BCUT2D eigenvalue weighted by Crippen LogP contribution is 2.41. The first-order valence-electron chi connectivity index (χ1n) is 13.5. The number of thiophene rings is 1. The lowest BCUT2D eigenvalue weighted by Crippen LogP contribution is -2.42. The van der Waals surface area contributed by atoms with Gasteiger partial charge in [-0.1, -0.05) is 37.5 Å². The highest BCUT2D eigenvalue weighted by Gasteiger charge is 2.41. The number of esters is 1. The second kappa shape index (κ2) is 15.2. The molecule has 0 bridgehead atoms. The van der Waals surface area contributed by atoms with Crippen LogP contribution < -0.4 is 0 Å². The summed E-state index contributed by atoms with van der Waals surface area (Å²) in [6.45, 7) is -1.17. The predicted molar refractivity (Wildman–Crippen MR) is 143 cm³/mol. The second-order valence-electron chi connectivity index (χ2n) is 10.4. The van der Waals surface area contributed by atoms with E-state index in [9.17, 15) is 35.4 Å². The molecular formula is C28H42O9S. The molecule has 9 nitrogen and oxygen atoms in total. The van der Waals surface area contributed by atoms with E-state index in [1.807, 2.05) is 30.3 Å². The number of unbranched alkanes of at least 4 members (excludes halogenated alkanes) is 3. The Morgan fingerprint density at radius 2 is 1.63 bits per heavy atom. The molecule has 0 aliphatic heterocycles. The van der Waals surface area contributed by atoms with E-state index in [2.05, 4.69) is 0 Å². The highest BCUT2D eigenvalue weighted by atomic mass is 32.1. The minimum atomic E-state index is -1.60. The number of aliphatic hydroxyl groups is 7. The number of carbonyl (C=O) groups excluding carboxylic acids is 1. The van der Waals surface area contributed by atoms with Gasteiger partial charge in [-0.05, 0) is 61.5 Å². The fraction of sp³-hybridized carbons (Fsp3) is 0.679. The highest BCUT2D eigenvalue weighted by molar-refractivity contribution is 7.19. The van der Waals surface area contributed by atoms with Crippen molar-refractivity contribution in [2.45, 2.75) is 94.4 Å². The summed E-state index contributed by atoms with van der Waals surface area (Å²) in [5.74, 6) is -0.594. The minimum Gasteiger partial charge on any atom is -0.463 e. The van der Waals surface area contributed by atoms with Gasteiger partial charge >= 0.3 is 5.97 Å². The molecule has 1 aliphatic rings. The van der Waals surface area contributed by atoms with Crippen LogP contribution >= 0.6 is 11.3 Å². The third-order valence-corrected chi connectivity index (χ3v) is 8.84. The normalized spacial score (nSPS) is 24.8. The van der Waals surface area contributed by atoms with Gasteiger partial charge in [0, 0.05) is 16.0 Å². The number of carbonyl (C=O) groups is 1. The van der Waals surface area contributed by atoms with E-state index >= 15 is 0 Å². The van der Waals surface area contributed by atoms with Crippen LogP contribution in [-0.4, -0.2) is 85.4 Å². The van der Waals surface area contributed by atoms with E-state index < -0.39 is 55.8 Å². The molecule has 7 N–H and O–H groups in total. The number of fused-ring (bicyclic) bond motifs is 1. The predicted octanol–water partition coefficient (Wildman–Crippen LogP) is 2.03. The summed E-state index contributed by atoms with van der Waals surface area (Å²) in [6.07, 6.45) is -0.773. The number of aliphatic hydroxyl groups excluding tert-OH is 7. The maximum absolute atomic E-state index is 11.8. The summed E-state index contributed by atoms with van der Waals surface area (Å²) < 4.78 is 6.06. The lowest BCUT2D eigenvalue weighted by atomic mass is 9.84. The van der Waals surface area contributed by atoms with Crippen LogP contribution in [-0.2, 0) is 9.53 Å². The number of hydrogen-bond acceptors (Lipinski definition) is 10. The lowest BCUT2D eigenvalue weighted by Gasteiger charge is -2.24. The fourth-order valence-corrected chi connectivity index (χ4v) is 6.44. The van der Waals surface area contributed by atoms with Crippen molar-refractivity contribution in [3.05, 3.63) is 35.2 Å². The van der Waals surface area contributed by atoms with Gasteiger partial charge < -0.3 is 40.5 Å². The second-order valence-corrected chi connectivity index (χ2v) is 11.5. The van der Waals surface area contributed by atoms with Gasteiger partial charge in [0.25, 0.3) is 0 Å². The van der Waals surface area contributed by atoms with Gasteiger partial charge in [0.05, 0.1) is 24.9 Å². The fourth-order valence-electron chi connectivity index (χ4n) is 5.36. The molecule has 1 fully saturated rings. The maximum Gasteiger partial charge on any atom is 0.305 e. The van der Waals surface area contributed by atoms with Gasteiger partial charge in [-0.25, -0.2) is 0 Å². The molecule has 2 aromatic rings. The third kappa shape index (κ3) is 8.69. The first kappa shape index (κ1) is 30.9. The van der Waals surface area contributed by atoms with Gasteiger partial charge in [-0.3, -0.25) is 4.79 Å². The van der Waals surface area contributed by atoms with Crippen LogP contribution in [0.4, 0.5) is 0 Å². The molecule has 1 heterocycles. The Morgan fingerprint density at radius 1 is 0.947 bits per heavy atom. The Hall–Kier alpha value is -1.63. The number of benzene rings is 1. The van der Waals surface area contributed by atoms with Gasteiger partial charge in [-0.15, -0.1) is 11.3 Å². The Bertz CT molecular complexity index is 949. The molecule has 1 aromatic carbocycles. The summed E-state index contributed by atoms with van der Waals surface area (Å²) >= 11 is 1.58. The molecular weight excluding hydrogens is 512 g/mol. The van der Waals surface area contributed by atoms with Crippen LogP contribution in [0.2, 0.25) is 0 Å². The van der Waals surface area contributed by atoms with E-state index in [1.165, 1.54) is 0 Å². The summed E-state index contributed by atoms with van der Waals surface area (Å²) in [7, 11) is 0. The maximum atomic E-state index is 11.8. The van der Waals surface area contributed by atoms with Crippen molar-refractivity contribution in [3.8, 4) is 0 Å². The van der Waals surface area contributed by atoms with Crippen molar-refractivity contribution >= 4 is 27.4 Å². The third-order valence-electron chi connectivity index (χ3n) is 7.63. The van der Waals surface area contributed by atoms with Crippen LogP contribution in [0.3, 0.4) is 0 Å². The van der Waals surface area contributed by atoms with E-state index in [4.69, 9.17) is 9.84 Å². The quantitative estimate of drug-likeness (QED) is 0.121. The van der Waals surface area contributed by atoms with Crippen LogP contribution in [0, 0.1) is 11.8 Å². The van der Waals surface area contributed by atoms with Crippen molar-refractivity contribution in [2.75, 3.05) is 13.2 Å². The van der Waals surface area contributed by atoms with Gasteiger partial charge in [0.1, 0.15) is 24.9 Å². The van der Waals surface area contributed by atoms with Crippen molar-refractivity contribution in [1.82, 2.24) is 0 Å². The topological polar surface area (TPSA) is 168 Å². The van der Waals surface area contributed by atoms with Gasteiger partial charge in [-0.2, -0.15) is 0 Å². The Kier molecular flexibility index (Phi) is 12.4. The molecule has 0 spiro atoms. The average molecular weight is 555 g/mol. The number of hydrogen-bond donors (Lipinski definition) is 7. The molecule has 38 heavy (non-hydrogen) atoms. The van der Waals surface area contributed by atoms with Crippen molar-refractivity contribution in [2.24, 2.45) is 11.8 Å². The summed E-state index contributed by atoms with van der Waals surface area (Å²) in [4.78, 5) is 12.8. The summed E-state index contributed by atoms with van der Waals surface area (Å²) in [5.41, 5.74) is 0. The van der Waals surface area contributed by atoms with E-state index in [-0.39, 0.29) is 18.3 Å². The van der Waals surface area contributed by atoms with Crippen molar-refractivity contribution < 1.29 is 45.3 Å². The van der Waals surface area contributed by atoms with Crippen LogP contribution in [0.15, 0.2) is 30.3 Å². The van der Waals surface area contributed by atoms with Gasteiger partial charge in [0.15, 0.2) is 0 Å². The molecule has 3 unspecified atom stereocenters. The average Bonchev–Trinajstić information content (AvgIpc) is 3.46. The Labute approximate surface area is 227 Å². The largest absolute Gasteiger partial charge is 0.463 e. The van der Waals surface area contributed by atoms with Gasteiger partial charge in [0.2, 0.25) is 0 Å². The molecule has 0 radical (unpaired) electrons. The zero-order chi connectivity index (χ0) is 27.7. The number of rotatable bonds is 16. The molecule has 8 atom stereocenters. The zero-order valence-electron chi connectivity index (χ0n) is 21.6.